The third-order valence-electron chi connectivity index (χ3n) is 7.03. The molecule has 3 aliphatic rings. The zero-order valence-corrected chi connectivity index (χ0v) is 20.8. The van der Waals surface area contributed by atoms with Crippen molar-refractivity contribution in [2.24, 2.45) is 5.92 Å². The Morgan fingerprint density at radius 1 is 1.24 bits per heavy atom. The SMILES string of the molecule is CCC=C(C)CN1CCC(C#N)(NC(=O)C(CC2CCCCC2)NC(=O)ON2CCOCC2)C1. The van der Waals surface area contributed by atoms with E-state index in [0.29, 0.717) is 51.6 Å². The van der Waals surface area contributed by atoms with E-state index in [2.05, 4.69) is 41.5 Å². The number of nitrogens with one attached hydrogen (secondary N) is 2. The van der Waals surface area contributed by atoms with Crippen molar-refractivity contribution in [3.63, 3.8) is 0 Å². The van der Waals surface area contributed by atoms with Gasteiger partial charge in [0.25, 0.3) is 0 Å². The molecule has 1 aliphatic carbocycles. The van der Waals surface area contributed by atoms with E-state index in [1.165, 1.54) is 12.0 Å². The second-order valence-electron chi connectivity index (χ2n) is 9.96. The number of morpholine rings is 1. The van der Waals surface area contributed by atoms with Crippen molar-refractivity contribution in [2.45, 2.75) is 76.8 Å². The molecule has 0 spiro atoms. The molecular formula is C25H41N5O4. The largest absolute Gasteiger partial charge is 0.426 e. The van der Waals surface area contributed by atoms with E-state index in [4.69, 9.17) is 9.57 Å². The smallest absolute Gasteiger partial charge is 0.379 e. The first-order valence-corrected chi connectivity index (χ1v) is 12.9. The molecular weight excluding hydrogens is 434 g/mol. The van der Waals surface area contributed by atoms with Gasteiger partial charge in [-0.25, -0.2) is 4.79 Å². The Hall–Kier alpha value is -2.15. The number of nitrogens with zero attached hydrogens (tertiary/aromatic N) is 3. The van der Waals surface area contributed by atoms with Crippen LogP contribution < -0.4 is 10.6 Å². The van der Waals surface area contributed by atoms with Crippen LogP contribution in [0.4, 0.5) is 4.79 Å². The molecule has 2 unspecified atom stereocenters. The van der Waals surface area contributed by atoms with Crippen molar-refractivity contribution >= 4 is 12.0 Å². The van der Waals surface area contributed by atoms with Crippen LogP contribution in [0, 0.1) is 17.2 Å². The summed E-state index contributed by atoms with van der Waals surface area (Å²) in [5, 5.41) is 17.4. The lowest BCUT2D eigenvalue weighted by Gasteiger charge is -2.31. The number of hydrogen-bond donors (Lipinski definition) is 2. The summed E-state index contributed by atoms with van der Waals surface area (Å²) in [7, 11) is 0. The van der Waals surface area contributed by atoms with Crippen molar-refractivity contribution in [1.82, 2.24) is 20.6 Å². The summed E-state index contributed by atoms with van der Waals surface area (Å²) in [6.07, 6.45) is 9.32. The van der Waals surface area contributed by atoms with Crippen molar-refractivity contribution in [3.8, 4) is 6.07 Å². The second-order valence-corrected chi connectivity index (χ2v) is 9.96. The third kappa shape index (κ3) is 7.97. The molecule has 1 saturated carbocycles. The number of nitriles is 1. The highest BCUT2D eigenvalue weighted by atomic mass is 16.7. The number of likely N-dealkylation sites (tertiary alicyclic amines) is 1. The van der Waals surface area contributed by atoms with Crippen LogP contribution in [0.3, 0.4) is 0 Å². The van der Waals surface area contributed by atoms with Crippen LogP contribution >= 0.6 is 0 Å². The van der Waals surface area contributed by atoms with Gasteiger partial charge in [-0.15, -0.1) is 5.06 Å². The molecule has 2 N–H and O–H groups in total. The normalized spacial score (nSPS) is 26.0. The maximum absolute atomic E-state index is 13.4. The first-order valence-electron chi connectivity index (χ1n) is 12.9. The molecule has 3 fully saturated rings. The van der Waals surface area contributed by atoms with Crippen LogP contribution in [0.15, 0.2) is 11.6 Å². The van der Waals surface area contributed by atoms with Crippen molar-refractivity contribution in [3.05, 3.63) is 11.6 Å². The van der Waals surface area contributed by atoms with Gasteiger partial charge in [0.1, 0.15) is 11.6 Å². The van der Waals surface area contributed by atoms with Crippen LogP contribution in [-0.2, 0) is 14.4 Å². The summed E-state index contributed by atoms with van der Waals surface area (Å²) in [6, 6.07) is 1.64. The average Bonchev–Trinajstić information content (AvgIpc) is 3.22. The molecule has 2 aliphatic heterocycles. The first kappa shape index (κ1) is 26.5. The predicted octanol–water partition coefficient (Wildman–Crippen LogP) is 2.74. The molecule has 3 rings (SSSR count). The maximum Gasteiger partial charge on any atom is 0.426 e. The monoisotopic (exact) mass is 475 g/mol. The molecule has 0 bridgehead atoms. The van der Waals surface area contributed by atoms with Gasteiger partial charge < -0.3 is 20.2 Å². The fourth-order valence-corrected chi connectivity index (χ4v) is 5.25. The standard InChI is InChI=1S/C25H41N5O4/c1-3-7-20(2)17-29-11-10-25(18-26,19-29)28-23(31)22(16-21-8-5-4-6-9-21)27-24(32)34-30-12-14-33-15-13-30/h7,21-22H,3-6,8-17,19H2,1-2H3,(H,27,32)(H,28,31). The quantitative estimate of drug-likeness (QED) is 0.494. The lowest BCUT2D eigenvalue weighted by atomic mass is 9.84. The first-order chi connectivity index (χ1) is 16.4. The van der Waals surface area contributed by atoms with E-state index >= 15 is 0 Å². The molecule has 34 heavy (non-hydrogen) atoms. The molecule has 0 aromatic rings. The minimum atomic E-state index is -0.940. The van der Waals surface area contributed by atoms with Gasteiger partial charge in [-0.2, -0.15) is 5.26 Å². The summed E-state index contributed by atoms with van der Waals surface area (Å²) in [5.74, 6) is 0.0850. The van der Waals surface area contributed by atoms with E-state index in [1.807, 2.05) is 0 Å². The molecule has 2 amide bonds. The second kappa shape index (κ2) is 13.1. The number of hydrogen-bond acceptors (Lipinski definition) is 7. The fraction of sp³-hybridized carbons (Fsp3) is 0.800. The fourth-order valence-electron chi connectivity index (χ4n) is 5.25. The van der Waals surface area contributed by atoms with Crippen LogP contribution in [0.1, 0.15) is 65.2 Å². The maximum atomic E-state index is 13.4. The minimum absolute atomic E-state index is 0.297. The highest BCUT2D eigenvalue weighted by molar-refractivity contribution is 5.86. The van der Waals surface area contributed by atoms with E-state index < -0.39 is 17.7 Å². The molecule has 0 aromatic heterocycles. The number of ether oxygens (including phenoxy) is 1. The van der Waals surface area contributed by atoms with Gasteiger partial charge in [-0.1, -0.05) is 50.7 Å². The van der Waals surface area contributed by atoms with E-state index in [9.17, 15) is 14.9 Å². The molecule has 2 heterocycles. The number of carbonyl (C=O) groups excluding carboxylic acids is 2. The van der Waals surface area contributed by atoms with Gasteiger partial charge in [0.05, 0.1) is 32.4 Å². The molecule has 2 atom stereocenters. The van der Waals surface area contributed by atoms with Crippen molar-refractivity contribution in [2.75, 3.05) is 45.9 Å². The number of amides is 2. The Bertz CT molecular complexity index is 755. The predicted molar refractivity (Wildman–Crippen MR) is 129 cm³/mol. The van der Waals surface area contributed by atoms with Crippen molar-refractivity contribution < 1.29 is 19.2 Å². The zero-order chi connectivity index (χ0) is 24.4. The number of rotatable bonds is 9. The van der Waals surface area contributed by atoms with Crippen LogP contribution in [0.2, 0.25) is 0 Å². The molecule has 2 saturated heterocycles. The Labute approximate surface area is 203 Å². The van der Waals surface area contributed by atoms with Crippen molar-refractivity contribution in [1.29, 1.82) is 5.26 Å². The van der Waals surface area contributed by atoms with Crippen LogP contribution in [-0.4, -0.2) is 79.5 Å². The van der Waals surface area contributed by atoms with E-state index in [-0.39, 0.29) is 5.91 Å². The van der Waals surface area contributed by atoms with Crippen LogP contribution in [0.5, 0.6) is 0 Å². The van der Waals surface area contributed by atoms with Gasteiger partial charge in [-0.05, 0) is 32.1 Å². The Kier molecular flexibility index (Phi) is 10.2. The zero-order valence-electron chi connectivity index (χ0n) is 20.8. The summed E-state index contributed by atoms with van der Waals surface area (Å²) in [5.41, 5.74) is 0.328. The Morgan fingerprint density at radius 2 is 1.97 bits per heavy atom. The molecule has 0 radical (unpaired) electrons. The average molecular weight is 476 g/mol. The van der Waals surface area contributed by atoms with Gasteiger partial charge in [0, 0.05) is 19.6 Å². The molecule has 9 nitrogen and oxygen atoms in total. The topological polar surface area (TPSA) is 107 Å². The summed E-state index contributed by atoms with van der Waals surface area (Å²) in [4.78, 5) is 33.6. The lowest BCUT2D eigenvalue weighted by molar-refractivity contribution is -0.147. The highest BCUT2D eigenvalue weighted by Gasteiger charge is 2.41. The van der Waals surface area contributed by atoms with Gasteiger partial charge in [-0.3, -0.25) is 9.69 Å². The number of allylic oxidation sites excluding steroid dienone is 1. The lowest BCUT2D eigenvalue weighted by Crippen LogP contribution is -2.57. The molecule has 190 valence electrons. The summed E-state index contributed by atoms with van der Waals surface area (Å²) < 4.78 is 5.29. The van der Waals surface area contributed by atoms with Crippen LogP contribution in [0.25, 0.3) is 0 Å². The Balaban J connectivity index is 1.62. The number of hydroxylamine groups is 2. The highest BCUT2D eigenvalue weighted by Crippen LogP contribution is 2.28. The van der Waals surface area contributed by atoms with E-state index in [1.54, 1.807) is 5.06 Å². The summed E-state index contributed by atoms with van der Waals surface area (Å²) in [6.45, 7) is 8.26. The van der Waals surface area contributed by atoms with E-state index in [0.717, 1.165) is 45.2 Å². The molecule has 0 aromatic carbocycles. The number of carbonyl (C=O) groups is 2. The summed E-state index contributed by atoms with van der Waals surface area (Å²) >= 11 is 0. The Morgan fingerprint density at radius 3 is 2.65 bits per heavy atom. The third-order valence-corrected chi connectivity index (χ3v) is 7.03. The van der Waals surface area contributed by atoms with Gasteiger partial charge in [0.15, 0.2) is 0 Å². The molecule has 9 heteroatoms. The van der Waals surface area contributed by atoms with Gasteiger partial charge in [0.2, 0.25) is 5.91 Å². The minimum Gasteiger partial charge on any atom is -0.379 e. The van der Waals surface area contributed by atoms with Gasteiger partial charge >= 0.3 is 6.09 Å².